The zero-order chi connectivity index (χ0) is 16.4. The van der Waals surface area contributed by atoms with Crippen molar-refractivity contribution >= 4 is 5.91 Å². The van der Waals surface area contributed by atoms with E-state index in [1.54, 1.807) is 6.20 Å². The lowest BCUT2D eigenvalue weighted by Gasteiger charge is -2.24. The van der Waals surface area contributed by atoms with E-state index in [1.165, 1.54) is 0 Å². The van der Waals surface area contributed by atoms with Gasteiger partial charge >= 0.3 is 0 Å². The van der Waals surface area contributed by atoms with E-state index in [-0.39, 0.29) is 17.7 Å². The largest absolute Gasteiger partial charge is 0.376 e. The van der Waals surface area contributed by atoms with Crippen LogP contribution in [0.1, 0.15) is 24.2 Å². The molecule has 0 aromatic carbocycles. The van der Waals surface area contributed by atoms with E-state index < -0.39 is 0 Å². The SMILES string of the molecule is O=C(C1CC1)N1Cc2nccn2CC(COCc2cccnc2)C1. The lowest BCUT2D eigenvalue weighted by molar-refractivity contribution is -0.134. The second kappa shape index (κ2) is 6.73. The summed E-state index contributed by atoms with van der Waals surface area (Å²) in [6.07, 6.45) is 9.46. The number of carbonyl (C=O) groups is 1. The van der Waals surface area contributed by atoms with Gasteiger partial charge in [0, 0.05) is 49.7 Å². The molecule has 1 unspecified atom stereocenters. The van der Waals surface area contributed by atoms with E-state index in [1.807, 2.05) is 35.6 Å². The number of aromatic nitrogens is 3. The fourth-order valence-electron chi connectivity index (χ4n) is 3.23. The first kappa shape index (κ1) is 15.3. The van der Waals surface area contributed by atoms with Crippen molar-refractivity contribution in [2.45, 2.75) is 32.5 Å². The molecule has 1 saturated carbocycles. The number of imidazole rings is 1. The topological polar surface area (TPSA) is 60.2 Å². The molecule has 2 aliphatic rings. The van der Waals surface area contributed by atoms with Gasteiger partial charge in [-0.3, -0.25) is 9.78 Å². The number of amides is 1. The molecule has 2 aromatic rings. The van der Waals surface area contributed by atoms with Gasteiger partial charge in [0.2, 0.25) is 5.91 Å². The van der Waals surface area contributed by atoms with Crippen LogP contribution in [0.5, 0.6) is 0 Å². The average Bonchev–Trinajstić information content (AvgIpc) is 3.39. The van der Waals surface area contributed by atoms with Gasteiger partial charge in [-0.2, -0.15) is 0 Å². The minimum Gasteiger partial charge on any atom is -0.376 e. The van der Waals surface area contributed by atoms with Crippen LogP contribution in [0.3, 0.4) is 0 Å². The fourth-order valence-corrected chi connectivity index (χ4v) is 3.23. The van der Waals surface area contributed by atoms with Gasteiger partial charge in [-0.15, -0.1) is 0 Å². The van der Waals surface area contributed by atoms with Crippen molar-refractivity contribution in [1.82, 2.24) is 19.4 Å². The Morgan fingerprint density at radius 1 is 1.29 bits per heavy atom. The van der Waals surface area contributed by atoms with Gasteiger partial charge in [0.1, 0.15) is 5.82 Å². The Labute approximate surface area is 141 Å². The van der Waals surface area contributed by atoms with E-state index in [4.69, 9.17) is 4.74 Å². The van der Waals surface area contributed by atoms with Gasteiger partial charge in [-0.05, 0) is 24.5 Å². The maximum absolute atomic E-state index is 12.5. The molecule has 3 heterocycles. The molecule has 0 N–H and O–H groups in total. The van der Waals surface area contributed by atoms with Gasteiger partial charge in [0.15, 0.2) is 0 Å². The van der Waals surface area contributed by atoms with Gasteiger partial charge in [0.05, 0.1) is 19.8 Å². The minimum atomic E-state index is 0.239. The number of ether oxygens (including phenoxy) is 1. The highest BCUT2D eigenvalue weighted by atomic mass is 16.5. The quantitative estimate of drug-likeness (QED) is 0.841. The molecule has 1 amide bonds. The van der Waals surface area contributed by atoms with Crippen LogP contribution in [-0.4, -0.2) is 38.5 Å². The molecule has 4 rings (SSSR count). The van der Waals surface area contributed by atoms with Crippen molar-refractivity contribution < 1.29 is 9.53 Å². The maximum Gasteiger partial charge on any atom is 0.226 e. The Bertz CT molecular complexity index is 696. The van der Waals surface area contributed by atoms with E-state index in [9.17, 15) is 4.79 Å². The highest BCUT2D eigenvalue weighted by molar-refractivity contribution is 5.81. The number of nitrogens with zero attached hydrogens (tertiary/aromatic N) is 4. The summed E-state index contributed by atoms with van der Waals surface area (Å²) in [6.45, 7) is 3.38. The second-order valence-corrected chi connectivity index (χ2v) is 6.73. The summed E-state index contributed by atoms with van der Waals surface area (Å²) in [4.78, 5) is 23.0. The molecular formula is C18H22N4O2. The first-order valence-corrected chi connectivity index (χ1v) is 8.55. The summed E-state index contributed by atoms with van der Waals surface area (Å²) in [5, 5.41) is 0. The molecule has 0 bridgehead atoms. The molecule has 1 fully saturated rings. The molecule has 0 spiro atoms. The van der Waals surface area contributed by atoms with Crippen molar-refractivity contribution in [1.29, 1.82) is 0 Å². The predicted molar refractivity (Wildman–Crippen MR) is 87.8 cm³/mol. The molecule has 2 aromatic heterocycles. The van der Waals surface area contributed by atoms with Crippen LogP contribution in [0.25, 0.3) is 0 Å². The predicted octanol–water partition coefficient (Wildman–Crippen LogP) is 1.86. The molecular weight excluding hydrogens is 304 g/mol. The maximum atomic E-state index is 12.5. The van der Waals surface area contributed by atoms with Crippen molar-refractivity contribution in [3.05, 3.63) is 48.3 Å². The lowest BCUT2D eigenvalue weighted by Crippen LogP contribution is -2.36. The molecule has 0 saturated heterocycles. The van der Waals surface area contributed by atoms with Crippen LogP contribution < -0.4 is 0 Å². The van der Waals surface area contributed by atoms with Gasteiger partial charge < -0.3 is 14.2 Å². The van der Waals surface area contributed by atoms with Crippen molar-refractivity contribution in [2.24, 2.45) is 11.8 Å². The monoisotopic (exact) mass is 326 g/mol. The second-order valence-electron chi connectivity index (χ2n) is 6.73. The van der Waals surface area contributed by atoms with E-state index >= 15 is 0 Å². The first-order chi connectivity index (χ1) is 11.8. The Kier molecular flexibility index (Phi) is 4.30. The zero-order valence-electron chi connectivity index (χ0n) is 13.7. The first-order valence-electron chi connectivity index (χ1n) is 8.55. The summed E-state index contributed by atoms with van der Waals surface area (Å²) >= 11 is 0. The van der Waals surface area contributed by atoms with E-state index in [0.717, 1.165) is 37.3 Å². The molecule has 1 aliphatic heterocycles. The Morgan fingerprint density at radius 2 is 2.21 bits per heavy atom. The number of pyridine rings is 1. The van der Waals surface area contributed by atoms with Crippen molar-refractivity contribution in [3.8, 4) is 0 Å². The standard InChI is InChI=1S/C18H22N4O2/c23-18(16-3-4-16)22-10-15(9-21-7-6-20-17(21)11-22)13-24-12-14-2-1-5-19-8-14/h1-2,5-8,15-16H,3-4,9-13H2. The third-order valence-electron chi connectivity index (χ3n) is 4.65. The molecule has 0 radical (unpaired) electrons. The lowest BCUT2D eigenvalue weighted by atomic mass is 10.1. The van der Waals surface area contributed by atoms with Crippen LogP contribution >= 0.6 is 0 Å². The van der Waals surface area contributed by atoms with Crippen LogP contribution in [-0.2, 0) is 29.2 Å². The number of hydrogen-bond acceptors (Lipinski definition) is 4. The van der Waals surface area contributed by atoms with Crippen molar-refractivity contribution in [2.75, 3.05) is 13.2 Å². The third-order valence-corrected chi connectivity index (χ3v) is 4.65. The Morgan fingerprint density at radius 3 is 3.00 bits per heavy atom. The highest BCUT2D eigenvalue weighted by Gasteiger charge is 2.35. The van der Waals surface area contributed by atoms with Gasteiger partial charge in [0.25, 0.3) is 0 Å². The van der Waals surface area contributed by atoms with Gasteiger partial charge in [-0.25, -0.2) is 4.98 Å². The number of fused-ring (bicyclic) bond motifs is 1. The summed E-state index contributed by atoms with van der Waals surface area (Å²) in [5.41, 5.74) is 1.07. The van der Waals surface area contributed by atoms with Gasteiger partial charge in [-0.1, -0.05) is 6.07 Å². The van der Waals surface area contributed by atoms with Crippen LogP contribution in [0.2, 0.25) is 0 Å². The van der Waals surface area contributed by atoms with E-state index in [2.05, 4.69) is 14.5 Å². The van der Waals surface area contributed by atoms with Crippen LogP contribution in [0.4, 0.5) is 0 Å². The number of rotatable bonds is 5. The molecule has 126 valence electrons. The molecule has 1 atom stereocenters. The summed E-state index contributed by atoms with van der Waals surface area (Å²) in [7, 11) is 0. The van der Waals surface area contributed by atoms with Crippen LogP contribution in [0, 0.1) is 11.8 Å². The molecule has 1 aliphatic carbocycles. The number of carbonyl (C=O) groups excluding carboxylic acids is 1. The van der Waals surface area contributed by atoms with Crippen LogP contribution in [0.15, 0.2) is 36.9 Å². The molecule has 6 nitrogen and oxygen atoms in total. The smallest absolute Gasteiger partial charge is 0.226 e. The van der Waals surface area contributed by atoms with E-state index in [0.29, 0.717) is 19.8 Å². The fraction of sp³-hybridized carbons (Fsp3) is 0.500. The molecule has 6 heteroatoms. The summed E-state index contributed by atoms with van der Waals surface area (Å²) < 4.78 is 8.05. The summed E-state index contributed by atoms with van der Waals surface area (Å²) in [5.74, 6) is 1.77. The number of hydrogen-bond donors (Lipinski definition) is 0. The van der Waals surface area contributed by atoms with Crippen molar-refractivity contribution in [3.63, 3.8) is 0 Å². The Balaban J connectivity index is 1.40. The Hall–Kier alpha value is -2.21. The summed E-state index contributed by atoms with van der Waals surface area (Å²) in [6, 6.07) is 3.93. The normalized spacial score (nSPS) is 20.5. The minimum absolute atomic E-state index is 0.239. The third kappa shape index (κ3) is 3.48. The zero-order valence-corrected chi connectivity index (χ0v) is 13.7. The average molecular weight is 326 g/mol. The highest BCUT2D eigenvalue weighted by Crippen LogP contribution is 2.32. The molecule has 24 heavy (non-hydrogen) atoms.